The number of hydrogen-bond acceptors (Lipinski definition) is 3. The van der Waals surface area contributed by atoms with E-state index in [0.29, 0.717) is 17.9 Å². The maximum absolute atomic E-state index is 7.40. The number of nitrogens with two attached hydrogens (primary N) is 1. The highest BCUT2D eigenvalue weighted by atomic mass is 16.5. The Morgan fingerprint density at radius 2 is 2.19 bits per heavy atom. The summed E-state index contributed by atoms with van der Waals surface area (Å²) in [7, 11) is 0. The molecule has 0 saturated carbocycles. The molecule has 1 aromatic heterocycles. The average Bonchev–Trinajstić information content (AvgIpc) is 2.16. The van der Waals surface area contributed by atoms with Crippen LogP contribution in [0.25, 0.3) is 0 Å². The second-order valence-corrected chi connectivity index (χ2v) is 4.94. The van der Waals surface area contributed by atoms with Crippen LogP contribution in [0.15, 0.2) is 18.5 Å². The third-order valence-corrected chi connectivity index (χ3v) is 2.18. The fourth-order valence-electron chi connectivity index (χ4n) is 1.18. The highest BCUT2D eigenvalue weighted by molar-refractivity contribution is 5.97. The SMILES string of the molecule is CC(C)(C)CCOc1cnccc1C(=N)N. The molecule has 0 aromatic carbocycles. The first-order valence-corrected chi connectivity index (χ1v) is 5.31. The maximum atomic E-state index is 7.40. The van der Waals surface area contributed by atoms with Gasteiger partial charge >= 0.3 is 0 Å². The Morgan fingerprint density at radius 3 is 2.75 bits per heavy atom. The molecule has 0 bridgehead atoms. The number of aromatic nitrogens is 1. The summed E-state index contributed by atoms with van der Waals surface area (Å²) in [5.41, 5.74) is 6.28. The second kappa shape index (κ2) is 4.96. The Balaban J connectivity index is 2.64. The van der Waals surface area contributed by atoms with E-state index in [0.717, 1.165) is 6.42 Å². The Labute approximate surface area is 96.3 Å². The van der Waals surface area contributed by atoms with Gasteiger partial charge < -0.3 is 10.5 Å². The highest BCUT2D eigenvalue weighted by Crippen LogP contribution is 2.21. The molecule has 0 aliphatic rings. The number of ether oxygens (including phenoxy) is 1. The summed E-state index contributed by atoms with van der Waals surface area (Å²) in [5, 5.41) is 7.40. The zero-order valence-corrected chi connectivity index (χ0v) is 10.1. The molecule has 0 fully saturated rings. The van der Waals surface area contributed by atoms with E-state index in [-0.39, 0.29) is 11.3 Å². The number of nitrogens with one attached hydrogen (secondary N) is 1. The number of hydrogen-bond donors (Lipinski definition) is 2. The van der Waals surface area contributed by atoms with Crippen molar-refractivity contribution in [3.8, 4) is 5.75 Å². The van der Waals surface area contributed by atoms with E-state index in [2.05, 4.69) is 25.8 Å². The number of nitrogens with zero attached hydrogens (tertiary/aromatic N) is 1. The molecule has 3 N–H and O–H groups in total. The van der Waals surface area contributed by atoms with Crippen LogP contribution in [-0.4, -0.2) is 17.4 Å². The second-order valence-electron chi connectivity index (χ2n) is 4.94. The van der Waals surface area contributed by atoms with Crippen molar-refractivity contribution in [3.05, 3.63) is 24.0 Å². The van der Waals surface area contributed by atoms with Crippen molar-refractivity contribution in [2.24, 2.45) is 11.1 Å². The van der Waals surface area contributed by atoms with Gasteiger partial charge in [0.2, 0.25) is 0 Å². The van der Waals surface area contributed by atoms with Crippen molar-refractivity contribution < 1.29 is 4.74 Å². The lowest BCUT2D eigenvalue weighted by atomic mass is 9.93. The minimum absolute atomic E-state index is 0.00755. The third kappa shape index (κ3) is 3.88. The average molecular weight is 221 g/mol. The van der Waals surface area contributed by atoms with Gasteiger partial charge in [0, 0.05) is 6.20 Å². The lowest BCUT2D eigenvalue weighted by Crippen LogP contribution is -2.15. The van der Waals surface area contributed by atoms with Crippen molar-refractivity contribution in [2.75, 3.05) is 6.61 Å². The molecular weight excluding hydrogens is 202 g/mol. The van der Waals surface area contributed by atoms with Gasteiger partial charge in [-0.05, 0) is 17.9 Å². The molecule has 1 rings (SSSR count). The first kappa shape index (κ1) is 12.5. The number of rotatable bonds is 4. The van der Waals surface area contributed by atoms with Crippen LogP contribution in [0.5, 0.6) is 5.75 Å². The van der Waals surface area contributed by atoms with Crippen molar-refractivity contribution in [1.29, 1.82) is 5.41 Å². The lowest BCUT2D eigenvalue weighted by Gasteiger charge is -2.18. The fourth-order valence-corrected chi connectivity index (χ4v) is 1.18. The van der Waals surface area contributed by atoms with Crippen LogP contribution in [0.1, 0.15) is 32.8 Å². The Morgan fingerprint density at radius 1 is 1.50 bits per heavy atom. The van der Waals surface area contributed by atoms with Gasteiger partial charge in [-0.3, -0.25) is 10.4 Å². The molecule has 1 aromatic rings. The lowest BCUT2D eigenvalue weighted by molar-refractivity contribution is 0.242. The van der Waals surface area contributed by atoms with Crippen LogP contribution in [0.4, 0.5) is 0 Å². The van der Waals surface area contributed by atoms with Gasteiger partial charge in [-0.15, -0.1) is 0 Å². The van der Waals surface area contributed by atoms with Gasteiger partial charge in [0.1, 0.15) is 11.6 Å². The van der Waals surface area contributed by atoms with E-state index in [1.807, 2.05) is 0 Å². The van der Waals surface area contributed by atoms with Crippen molar-refractivity contribution in [2.45, 2.75) is 27.2 Å². The first-order valence-electron chi connectivity index (χ1n) is 5.31. The molecule has 88 valence electrons. The van der Waals surface area contributed by atoms with Crippen molar-refractivity contribution >= 4 is 5.84 Å². The summed E-state index contributed by atoms with van der Waals surface area (Å²) in [6.07, 6.45) is 4.14. The molecule has 0 radical (unpaired) electrons. The van der Waals surface area contributed by atoms with E-state index in [9.17, 15) is 0 Å². The molecule has 16 heavy (non-hydrogen) atoms. The molecule has 0 atom stereocenters. The third-order valence-electron chi connectivity index (χ3n) is 2.18. The zero-order valence-electron chi connectivity index (χ0n) is 10.1. The quantitative estimate of drug-likeness (QED) is 0.604. The van der Waals surface area contributed by atoms with Crippen LogP contribution < -0.4 is 10.5 Å². The Kier molecular flexibility index (Phi) is 3.88. The largest absolute Gasteiger partial charge is 0.491 e. The Bertz CT molecular complexity index is 369. The summed E-state index contributed by atoms with van der Waals surface area (Å²) in [5.74, 6) is 0.590. The maximum Gasteiger partial charge on any atom is 0.148 e. The molecule has 0 aliphatic carbocycles. The first-order chi connectivity index (χ1) is 7.40. The molecule has 0 unspecified atom stereocenters. The summed E-state index contributed by atoms with van der Waals surface area (Å²) in [6.45, 7) is 7.08. The molecule has 1 heterocycles. The van der Waals surface area contributed by atoms with Crippen LogP contribution in [-0.2, 0) is 0 Å². The smallest absolute Gasteiger partial charge is 0.148 e. The Hall–Kier alpha value is -1.58. The molecule has 0 aliphatic heterocycles. The highest BCUT2D eigenvalue weighted by Gasteiger charge is 2.11. The van der Waals surface area contributed by atoms with Crippen LogP contribution in [0, 0.1) is 10.8 Å². The van der Waals surface area contributed by atoms with Gasteiger partial charge in [0.15, 0.2) is 0 Å². The molecule has 0 saturated heterocycles. The number of amidine groups is 1. The predicted molar refractivity (Wildman–Crippen MR) is 64.8 cm³/mol. The minimum atomic E-state index is 0.00755. The fraction of sp³-hybridized carbons (Fsp3) is 0.500. The van der Waals surface area contributed by atoms with Gasteiger partial charge in [-0.25, -0.2) is 0 Å². The molecule has 0 spiro atoms. The van der Waals surface area contributed by atoms with Gasteiger partial charge in [-0.2, -0.15) is 0 Å². The molecule has 4 heteroatoms. The van der Waals surface area contributed by atoms with Crippen LogP contribution in [0.2, 0.25) is 0 Å². The van der Waals surface area contributed by atoms with Gasteiger partial charge in [-0.1, -0.05) is 20.8 Å². The standard InChI is InChI=1S/C12H19N3O/c1-12(2,3)5-7-16-10-8-15-6-4-9(10)11(13)14/h4,6,8H,5,7H2,1-3H3,(H3,13,14). The van der Waals surface area contributed by atoms with E-state index in [4.69, 9.17) is 15.9 Å². The van der Waals surface area contributed by atoms with E-state index < -0.39 is 0 Å². The topological polar surface area (TPSA) is 72.0 Å². The molecular formula is C12H19N3O. The molecule has 4 nitrogen and oxygen atoms in total. The monoisotopic (exact) mass is 221 g/mol. The molecule has 0 amide bonds. The normalized spacial score (nSPS) is 11.2. The summed E-state index contributed by atoms with van der Waals surface area (Å²) in [4.78, 5) is 3.97. The zero-order chi connectivity index (χ0) is 12.2. The number of pyridine rings is 1. The van der Waals surface area contributed by atoms with Gasteiger partial charge in [0.05, 0.1) is 18.4 Å². The minimum Gasteiger partial charge on any atom is -0.491 e. The van der Waals surface area contributed by atoms with Crippen LogP contribution >= 0.6 is 0 Å². The van der Waals surface area contributed by atoms with E-state index in [1.54, 1.807) is 18.5 Å². The van der Waals surface area contributed by atoms with E-state index in [1.165, 1.54) is 0 Å². The predicted octanol–water partition coefficient (Wildman–Crippen LogP) is 2.18. The van der Waals surface area contributed by atoms with Crippen LogP contribution in [0.3, 0.4) is 0 Å². The summed E-state index contributed by atoms with van der Waals surface area (Å²) >= 11 is 0. The summed E-state index contributed by atoms with van der Waals surface area (Å²) in [6, 6.07) is 1.69. The van der Waals surface area contributed by atoms with Gasteiger partial charge in [0.25, 0.3) is 0 Å². The summed E-state index contributed by atoms with van der Waals surface area (Å²) < 4.78 is 5.59. The van der Waals surface area contributed by atoms with Crippen molar-refractivity contribution in [1.82, 2.24) is 4.98 Å². The number of nitrogen functional groups attached to an aromatic ring is 1. The van der Waals surface area contributed by atoms with E-state index >= 15 is 0 Å². The van der Waals surface area contributed by atoms with Crippen molar-refractivity contribution in [3.63, 3.8) is 0 Å².